The molecule has 1 rings (SSSR count). The number of rotatable bonds is 7. The number of nitrogens with zero attached hydrogens (tertiary/aromatic N) is 2. The Morgan fingerprint density at radius 1 is 1.61 bits per heavy atom. The number of carbonyl (C=O) groups is 1. The number of carbonyl (C=O) groups excluding carboxylic acids is 1. The van der Waals surface area contributed by atoms with Gasteiger partial charge < -0.3 is 19.8 Å². The van der Waals surface area contributed by atoms with Crippen molar-refractivity contribution < 1.29 is 14.4 Å². The second-order valence-electron chi connectivity index (χ2n) is 4.56. The van der Waals surface area contributed by atoms with E-state index >= 15 is 0 Å². The molecule has 1 aromatic rings. The Morgan fingerprint density at radius 3 is 2.89 bits per heavy atom. The molecule has 0 saturated heterocycles. The molecular formula is C12H21N3O3. The van der Waals surface area contributed by atoms with Gasteiger partial charge in [-0.3, -0.25) is 4.79 Å². The number of aryl methyl sites for hydroxylation is 1. The summed E-state index contributed by atoms with van der Waals surface area (Å²) in [7, 11) is 1.93. The van der Waals surface area contributed by atoms with E-state index in [2.05, 4.69) is 10.5 Å². The fourth-order valence-electron chi connectivity index (χ4n) is 1.44. The SMILES string of the molecule is Cc1cc(NC(=O)CCN(C)CCC(C)O)no1. The zero-order valence-corrected chi connectivity index (χ0v) is 11.1. The number of aliphatic hydroxyl groups excluding tert-OH is 1. The largest absolute Gasteiger partial charge is 0.393 e. The molecule has 1 heterocycles. The Morgan fingerprint density at radius 2 is 2.33 bits per heavy atom. The van der Waals surface area contributed by atoms with Crippen molar-refractivity contribution in [2.75, 3.05) is 25.5 Å². The lowest BCUT2D eigenvalue weighted by Crippen LogP contribution is -2.26. The Hall–Kier alpha value is -1.40. The fraction of sp³-hybridized carbons (Fsp3) is 0.667. The number of aliphatic hydroxyl groups is 1. The summed E-state index contributed by atoms with van der Waals surface area (Å²) in [5, 5.41) is 15.5. The van der Waals surface area contributed by atoms with Crippen LogP contribution in [0.1, 0.15) is 25.5 Å². The van der Waals surface area contributed by atoms with Gasteiger partial charge in [-0.05, 0) is 27.3 Å². The molecule has 0 spiro atoms. The predicted molar refractivity (Wildman–Crippen MR) is 68.3 cm³/mol. The van der Waals surface area contributed by atoms with Gasteiger partial charge in [-0.25, -0.2) is 0 Å². The average Bonchev–Trinajstić information content (AvgIpc) is 2.69. The van der Waals surface area contributed by atoms with E-state index < -0.39 is 0 Å². The van der Waals surface area contributed by atoms with Crippen LogP contribution in [0.3, 0.4) is 0 Å². The number of hydrogen-bond acceptors (Lipinski definition) is 5. The van der Waals surface area contributed by atoms with Gasteiger partial charge in [0.15, 0.2) is 5.82 Å². The van der Waals surface area contributed by atoms with Crippen molar-refractivity contribution in [1.82, 2.24) is 10.1 Å². The van der Waals surface area contributed by atoms with Crippen molar-refractivity contribution in [3.05, 3.63) is 11.8 Å². The zero-order chi connectivity index (χ0) is 13.5. The topological polar surface area (TPSA) is 78.6 Å². The summed E-state index contributed by atoms with van der Waals surface area (Å²) in [4.78, 5) is 13.6. The molecule has 0 aliphatic heterocycles. The van der Waals surface area contributed by atoms with Gasteiger partial charge in [0.25, 0.3) is 0 Å². The Kier molecular flexibility index (Phi) is 5.80. The van der Waals surface area contributed by atoms with Crippen LogP contribution < -0.4 is 5.32 Å². The van der Waals surface area contributed by atoms with Crippen LogP contribution in [0, 0.1) is 6.92 Å². The molecule has 6 heteroatoms. The molecule has 1 unspecified atom stereocenters. The molecule has 0 aromatic carbocycles. The van der Waals surface area contributed by atoms with E-state index in [0.29, 0.717) is 31.0 Å². The van der Waals surface area contributed by atoms with Crippen LogP contribution in [-0.4, -0.2) is 47.3 Å². The molecule has 1 atom stereocenters. The van der Waals surface area contributed by atoms with Crippen LogP contribution in [0.25, 0.3) is 0 Å². The first kappa shape index (κ1) is 14.7. The van der Waals surface area contributed by atoms with E-state index in [9.17, 15) is 4.79 Å². The number of hydrogen-bond donors (Lipinski definition) is 2. The Labute approximate surface area is 107 Å². The third-order valence-electron chi connectivity index (χ3n) is 2.54. The lowest BCUT2D eigenvalue weighted by Gasteiger charge is -2.16. The minimum Gasteiger partial charge on any atom is -0.393 e. The van der Waals surface area contributed by atoms with Crippen molar-refractivity contribution in [3.8, 4) is 0 Å². The summed E-state index contributed by atoms with van der Waals surface area (Å²) >= 11 is 0. The van der Waals surface area contributed by atoms with Crippen molar-refractivity contribution in [3.63, 3.8) is 0 Å². The van der Waals surface area contributed by atoms with Crippen molar-refractivity contribution in [2.45, 2.75) is 32.8 Å². The van der Waals surface area contributed by atoms with Crippen LogP contribution in [0.4, 0.5) is 5.82 Å². The van der Waals surface area contributed by atoms with Gasteiger partial charge in [0.05, 0.1) is 6.10 Å². The Bertz CT molecular complexity index is 376. The van der Waals surface area contributed by atoms with Crippen LogP contribution in [0.2, 0.25) is 0 Å². The summed E-state index contributed by atoms with van der Waals surface area (Å²) in [5.41, 5.74) is 0. The third-order valence-corrected chi connectivity index (χ3v) is 2.54. The van der Waals surface area contributed by atoms with E-state index in [1.54, 1.807) is 19.9 Å². The van der Waals surface area contributed by atoms with Crippen LogP contribution >= 0.6 is 0 Å². The molecule has 0 radical (unpaired) electrons. The smallest absolute Gasteiger partial charge is 0.226 e. The number of anilines is 1. The highest BCUT2D eigenvalue weighted by molar-refractivity contribution is 5.89. The standard InChI is InChI=1S/C12H21N3O3/c1-9(16)4-6-15(3)7-5-12(17)13-11-8-10(2)18-14-11/h8-9,16H,4-7H2,1-3H3,(H,13,14,17). The normalized spacial score (nSPS) is 12.7. The first-order valence-corrected chi connectivity index (χ1v) is 6.07. The fourth-order valence-corrected chi connectivity index (χ4v) is 1.44. The first-order valence-electron chi connectivity index (χ1n) is 6.07. The maximum atomic E-state index is 11.6. The van der Waals surface area contributed by atoms with E-state index in [1.165, 1.54) is 0 Å². The van der Waals surface area contributed by atoms with E-state index in [4.69, 9.17) is 9.63 Å². The number of amides is 1. The van der Waals surface area contributed by atoms with Crippen molar-refractivity contribution in [1.29, 1.82) is 0 Å². The maximum Gasteiger partial charge on any atom is 0.226 e. The highest BCUT2D eigenvalue weighted by atomic mass is 16.5. The van der Waals surface area contributed by atoms with E-state index in [0.717, 1.165) is 6.54 Å². The van der Waals surface area contributed by atoms with Gasteiger partial charge in [0, 0.05) is 25.6 Å². The lowest BCUT2D eigenvalue weighted by molar-refractivity contribution is -0.116. The zero-order valence-electron chi connectivity index (χ0n) is 11.1. The summed E-state index contributed by atoms with van der Waals surface area (Å²) in [6.45, 7) is 4.95. The predicted octanol–water partition coefficient (Wildman–Crippen LogP) is 1.01. The van der Waals surface area contributed by atoms with Crippen LogP contribution in [0.15, 0.2) is 10.6 Å². The van der Waals surface area contributed by atoms with E-state index in [1.807, 2.05) is 11.9 Å². The highest BCUT2D eigenvalue weighted by Gasteiger charge is 2.08. The molecule has 0 saturated carbocycles. The molecule has 6 nitrogen and oxygen atoms in total. The second kappa shape index (κ2) is 7.13. The molecule has 18 heavy (non-hydrogen) atoms. The Balaban J connectivity index is 2.20. The van der Waals surface area contributed by atoms with Gasteiger partial charge in [-0.15, -0.1) is 0 Å². The molecule has 1 aromatic heterocycles. The summed E-state index contributed by atoms with van der Waals surface area (Å²) < 4.78 is 4.85. The van der Waals surface area contributed by atoms with Gasteiger partial charge in [0.2, 0.25) is 5.91 Å². The molecular weight excluding hydrogens is 234 g/mol. The summed E-state index contributed by atoms with van der Waals surface area (Å²) in [6, 6.07) is 1.68. The maximum absolute atomic E-state index is 11.6. The molecule has 0 aliphatic carbocycles. The highest BCUT2D eigenvalue weighted by Crippen LogP contribution is 2.07. The van der Waals surface area contributed by atoms with Gasteiger partial charge in [0.1, 0.15) is 5.76 Å². The lowest BCUT2D eigenvalue weighted by atomic mass is 10.2. The minimum absolute atomic E-state index is 0.0906. The number of nitrogens with one attached hydrogen (secondary N) is 1. The van der Waals surface area contributed by atoms with Crippen molar-refractivity contribution in [2.24, 2.45) is 0 Å². The quantitative estimate of drug-likeness (QED) is 0.760. The minimum atomic E-state index is -0.306. The van der Waals surface area contributed by atoms with Crippen LogP contribution in [-0.2, 0) is 4.79 Å². The summed E-state index contributed by atoms with van der Waals surface area (Å²) in [5.74, 6) is 1.02. The molecule has 0 fully saturated rings. The van der Waals surface area contributed by atoms with E-state index in [-0.39, 0.29) is 12.0 Å². The third kappa shape index (κ3) is 5.79. The van der Waals surface area contributed by atoms with Crippen LogP contribution in [0.5, 0.6) is 0 Å². The average molecular weight is 255 g/mol. The monoisotopic (exact) mass is 255 g/mol. The second-order valence-corrected chi connectivity index (χ2v) is 4.56. The van der Waals surface area contributed by atoms with Gasteiger partial charge in [-0.2, -0.15) is 0 Å². The number of aromatic nitrogens is 1. The molecule has 0 aliphatic rings. The summed E-state index contributed by atoms with van der Waals surface area (Å²) in [6.07, 6.45) is 0.794. The molecule has 0 bridgehead atoms. The molecule has 2 N–H and O–H groups in total. The molecule has 102 valence electrons. The van der Waals surface area contributed by atoms with Crippen molar-refractivity contribution >= 4 is 11.7 Å². The van der Waals surface area contributed by atoms with Gasteiger partial charge >= 0.3 is 0 Å². The van der Waals surface area contributed by atoms with Gasteiger partial charge in [-0.1, -0.05) is 5.16 Å². The molecule has 1 amide bonds. The first-order chi connectivity index (χ1) is 8.47.